The molecule has 0 bridgehead atoms. The zero-order valence-corrected chi connectivity index (χ0v) is 41.0. The Morgan fingerprint density at radius 3 is 1.83 bits per heavy atom. The van der Waals surface area contributed by atoms with Crippen LogP contribution in [0.5, 0.6) is 0 Å². The Balaban J connectivity index is 2.36. The summed E-state index contributed by atoms with van der Waals surface area (Å²) in [4.78, 5) is 134. The Hall–Kier alpha value is -5.89. The van der Waals surface area contributed by atoms with E-state index in [0.29, 0.717) is 50.8 Å². The molecule has 17 N–H and O–H groups in total. The summed E-state index contributed by atoms with van der Waals surface area (Å²) in [5, 5.41) is 37.0. The number of aliphatic carboxylic acids is 1. The Bertz CT molecular complexity index is 1930. The van der Waals surface area contributed by atoms with Gasteiger partial charge in [0.1, 0.15) is 48.3 Å². The summed E-state index contributed by atoms with van der Waals surface area (Å²) in [5.74, 6) is -9.07. The summed E-state index contributed by atoms with van der Waals surface area (Å²) in [6.07, 6.45) is 0.628. The molecule has 1 aromatic carbocycles. The van der Waals surface area contributed by atoms with E-state index in [1.54, 1.807) is 44.2 Å². The van der Waals surface area contributed by atoms with E-state index in [2.05, 4.69) is 49.8 Å². The van der Waals surface area contributed by atoms with Gasteiger partial charge < -0.3 is 75.3 Å². The minimum Gasteiger partial charge on any atom is -0.480 e. The zero-order chi connectivity index (χ0) is 52.5. The summed E-state index contributed by atoms with van der Waals surface area (Å²) in [6.45, 7) is 4.82. The highest BCUT2D eigenvalue weighted by Gasteiger charge is 2.40. The molecule has 9 atom stereocenters. The number of nitrogens with zero attached hydrogens (tertiary/aromatic N) is 1. The van der Waals surface area contributed by atoms with E-state index in [1.807, 2.05) is 0 Å². The van der Waals surface area contributed by atoms with Gasteiger partial charge in [-0.25, -0.2) is 4.79 Å². The lowest BCUT2D eigenvalue weighted by molar-refractivity contribution is -0.143. The Morgan fingerprint density at radius 2 is 1.27 bits per heavy atom. The smallest absolute Gasteiger partial charge is 0.326 e. The SMILES string of the molecule is CC(C)[C@H](NC(=O)CNC(=O)[C@@H](N)[C@@H](C)O)C(=O)N[C@@H](CCCCN)C(=O)N1CCC[C@H]1C(=O)N[C@@H](Cc1ccccc1)C(=O)N[C@@H](CCC(N)=O)C(=O)N[C@@H](CS)C(=O)N[C@@H](CCCCN)C(=O)O. The third-order valence-electron chi connectivity index (χ3n) is 11.5. The minimum absolute atomic E-state index is 0.0734. The van der Waals surface area contributed by atoms with Gasteiger partial charge in [0.15, 0.2) is 0 Å². The quantitative estimate of drug-likeness (QED) is 0.0243. The molecular weight excluding hydrogens is 933 g/mol. The van der Waals surface area contributed by atoms with Crippen LogP contribution in [0.2, 0.25) is 0 Å². The number of nitrogens with two attached hydrogens (primary N) is 4. The lowest BCUT2D eigenvalue weighted by Crippen LogP contribution is -2.60. The van der Waals surface area contributed by atoms with Gasteiger partial charge in [0.2, 0.25) is 53.2 Å². The second-order valence-electron chi connectivity index (χ2n) is 17.6. The number of hydrogen-bond acceptors (Lipinski definition) is 15. The summed E-state index contributed by atoms with van der Waals surface area (Å²) in [5.41, 5.74) is 22.9. The molecule has 0 spiro atoms. The van der Waals surface area contributed by atoms with E-state index < -0.39 is 126 Å². The number of unbranched alkanes of at least 4 members (excludes halogenated alkanes) is 2. The lowest BCUT2D eigenvalue weighted by Gasteiger charge is -2.31. The highest BCUT2D eigenvalue weighted by atomic mass is 32.1. The number of rotatable bonds is 32. The van der Waals surface area contributed by atoms with Crippen molar-refractivity contribution in [2.45, 2.75) is 146 Å². The number of carboxylic acids is 1. The van der Waals surface area contributed by atoms with Crippen LogP contribution in [0.1, 0.15) is 90.5 Å². The number of nitrogens with one attached hydrogen (secondary N) is 7. The number of hydrogen-bond donors (Lipinski definition) is 14. The maximum absolute atomic E-state index is 14.4. The molecule has 2 rings (SSSR count). The Morgan fingerprint density at radius 1 is 0.714 bits per heavy atom. The fraction of sp³-hybridized carbons (Fsp3) is 0.644. The molecule has 25 heteroatoms. The highest BCUT2D eigenvalue weighted by Crippen LogP contribution is 2.21. The van der Waals surface area contributed by atoms with Crippen LogP contribution in [0, 0.1) is 5.92 Å². The molecule has 1 aromatic rings. The molecule has 70 heavy (non-hydrogen) atoms. The van der Waals surface area contributed by atoms with Gasteiger partial charge in [-0.1, -0.05) is 44.2 Å². The normalized spacial score (nSPS) is 16.8. The number of carbonyl (C=O) groups is 10. The molecule has 24 nitrogen and oxygen atoms in total. The van der Waals surface area contributed by atoms with Gasteiger partial charge >= 0.3 is 5.97 Å². The molecule has 1 saturated heterocycles. The van der Waals surface area contributed by atoms with Crippen molar-refractivity contribution in [2.75, 3.05) is 31.9 Å². The van der Waals surface area contributed by atoms with Gasteiger partial charge in [-0.05, 0) is 89.3 Å². The predicted molar refractivity (Wildman–Crippen MR) is 260 cm³/mol. The first-order valence-electron chi connectivity index (χ1n) is 23.5. The second-order valence-corrected chi connectivity index (χ2v) is 17.9. The van der Waals surface area contributed by atoms with Gasteiger partial charge in [-0.3, -0.25) is 43.2 Å². The fourth-order valence-corrected chi connectivity index (χ4v) is 7.68. The number of likely N-dealkylation sites (tertiary alicyclic amines) is 1. The third-order valence-corrected chi connectivity index (χ3v) is 11.9. The van der Waals surface area contributed by atoms with Gasteiger partial charge in [0.05, 0.1) is 12.6 Å². The van der Waals surface area contributed by atoms with Crippen molar-refractivity contribution >= 4 is 71.8 Å². The van der Waals surface area contributed by atoms with E-state index in [9.17, 15) is 58.2 Å². The average Bonchev–Trinajstić information content (AvgIpc) is 3.82. The largest absolute Gasteiger partial charge is 0.480 e. The molecular formula is C45H74N12O12S. The number of carbonyl (C=O) groups excluding carboxylic acids is 9. The van der Waals surface area contributed by atoms with Gasteiger partial charge in [-0.2, -0.15) is 12.6 Å². The standard InChI is InChI=1S/C45H74N12O12S/c1-25(2)37(56-35(60)23-50-42(65)36(49)26(3)58)43(66)52-29(14-7-9-19-46)44(67)57-21-11-16-33(57)41(64)54-31(22-27-12-5-4-6-13-27)39(62)51-28(17-18-34(48)59)38(61)55-32(24-70)40(63)53-30(45(68)69)15-8-10-20-47/h4-6,12-13,25-26,28-33,36-37,58,70H,7-11,14-24,46-47,49H2,1-3H3,(H2,48,59)(H,50,65)(H,51,62)(H,52,66)(H,53,63)(H,54,64)(H,55,61)(H,56,60)(H,68,69)/t26-,28+,29+,30+,31+,32+,33+,36+,37+/m1/s1. The van der Waals surface area contributed by atoms with Gasteiger partial charge in [0, 0.05) is 25.1 Å². The van der Waals surface area contributed by atoms with E-state index in [-0.39, 0.29) is 50.8 Å². The molecule has 1 aliphatic heterocycles. The Kier molecular flexibility index (Phi) is 27.0. The van der Waals surface area contributed by atoms with Crippen LogP contribution in [0.25, 0.3) is 0 Å². The van der Waals surface area contributed by atoms with E-state index in [4.69, 9.17) is 22.9 Å². The minimum atomic E-state index is -1.49. The van der Waals surface area contributed by atoms with Crippen LogP contribution < -0.4 is 60.2 Å². The summed E-state index contributed by atoms with van der Waals surface area (Å²) < 4.78 is 0. The van der Waals surface area contributed by atoms with Crippen molar-refractivity contribution in [1.29, 1.82) is 0 Å². The maximum atomic E-state index is 14.4. The van der Waals surface area contributed by atoms with Crippen molar-refractivity contribution in [3.8, 4) is 0 Å². The van der Waals surface area contributed by atoms with Crippen LogP contribution >= 0.6 is 12.6 Å². The highest BCUT2D eigenvalue weighted by molar-refractivity contribution is 7.80. The topological polar surface area (TPSA) is 403 Å². The first kappa shape index (κ1) is 60.2. The molecule has 0 unspecified atom stereocenters. The zero-order valence-electron chi connectivity index (χ0n) is 40.2. The monoisotopic (exact) mass is 1010 g/mol. The fourth-order valence-electron chi connectivity index (χ4n) is 7.42. The van der Waals surface area contributed by atoms with Gasteiger partial charge in [-0.15, -0.1) is 0 Å². The second kappa shape index (κ2) is 31.4. The van der Waals surface area contributed by atoms with E-state index >= 15 is 0 Å². The maximum Gasteiger partial charge on any atom is 0.326 e. The number of thiol groups is 1. The van der Waals surface area contributed by atoms with Crippen LogP contribution in [-0.2, 0) is 54.4 Å². The molecule has 1 aliphatic rings. The molecule has 1 fully saturated rings. The molecule has 9 amide bonds. The first-order chi connectivity index (χ1) is 33.1. The summed E-state index contributed by atoms with van der Waals surface area (Å²) in [7, 11) is 0. The van der Waals surface area contributed by atoms with E-state index in [1.165, 1.54) is 11.8 Å². The van der Waals surface area contributed by atoms with Crippen LogP contribution in [-0.4, -0.2) is 161 Å². The molecule has 0 aliphatic carbocycles. The number of aliphatic hydroxyl groups is 1. The molecule has 0 radical (unpaired) electrons. The Labute approximate surface area is 413 Å². The summed E-state index contributed by atoms with van der Waals surface area (Å²) in [6, 6.07) is -1.66. The van der Waals surface area contributed by atoms with Crippen molar-refractivity contribution < 1.29 is 58.2 Å². The first-order valence-corrected chi connectivity index (χ1v) is 24.2. The molecule has 1 heterocycles. The third kappa shape index (κ3) is 20.6. The van der Waals surface area contributed by atoms with Crippen LogP contribution in [0.15, 0.2) is 30.3 Å². The average molecular weight is 1010 g/mol. The van der Waals surface area contributed by atoms with Crippen molar-refractivity contribution in [3.63, 3.8) is 0 Å². The molecule has 392 valence electrons. The molecule has 0 aromatic heterocycles. The van der Waals surface area contributed by atoms with Crippen molar-refractivity contribution in [1.82, 2.24) is 42.1 Å². The van der Waals surface area contributed by atoms with Crippen molar-refractivity contribution in [3.05, 3.63) is 35.9 Å². The van der Waals surface area contributed by atoms with Crippen LogP contribution in [0.4, 0.5) is 0 Å². The number of primary amides is 1. The van der Waals surface area contributed by atoms with Crippen LogP contribution in [0.3, 0.4) is 0 Å². The number of benzene rings is 1. The van der Waals surface area contributed by atoms with Crippen molar-refractivity contribution in [2.24, 2.45) is 28.9 Å². The van der Waals surface area contributed by atoms with E-state index in [0.717, 1.165) is 0 Å². The summed E-state index contributed by atoms with van der Waals surface area (Å²) >= 11 is 4.17. The van der Waals surface area contributed by atoms with Gasteiger partial charge in [0.25, 0.3) is 0 Å². The number of aliphatic hydroxyl groups excluding tert-OH is 1. The molecule has 0 saturated carbocycles. The predicted octanol–water partition coefficient (Wildman–Crippen LogP) is -3.85. The lowest BCUT2D eigenvalue weighted by atomic mass is 10.0. The number of amides is 9. The number of carboxylic acid groups (broad SMARTS) is 1.